The van der Waals surface area contributed by atoms with Gasteiger partial charge in [0, 0.05) is 50.5 Å². The third-order valence-electron chi connectivity index (χ3n) is 8.25. The second-order valence-electron chi connectivity index (χ2n) is 10.8. The predicted octanol–water partition coefficient (Wildman–Crippen LogP) is 1.40. The molecule has 41 heavy (non-hydrogen) atoms. The van der Waals surface area contributed by atoms with Crippen LogP contribution in [0.25, 0.3) is 0 Å². The van der Waals surface area contributed by atoms with E-state index in [-0.39, 0.29) is 40.0 Å². The van der Waals surface area contributed by atoms with E-state index < -0.39 is 71.6 Å². The quantitative estimate of drug-likeness (QED) is 0.334. The van der Waals surface area contributed by atoms with Gasteiger partial charge in [-0.2, -0.15) is 0 Å². The second-order valence-corrected chi connectivity index (χ2v) is 10.8. The van der Waals surface area contributed by atoms with E-state index in [1.54, 1.807) is 6.92 Å². The number of aliphatic hydroxyl groups excluding tert-OH is 1. The lowest BCUT2D eigenvalue weighted by molar-refractivity contribution is -0.325. The van der Waals surface area contributed by atoms with Crippen LogP contribution >= 0.6 is 0 Å². The average Bonchev–Trinajstić information content (AvgIpc) is 2.90. The van der Waals surface area contributed by atoms with Crippen molar-refractivity contribution >= 4 is 11.6 Å². The number of fused-ring (bicyclic) bond motifs is 3. The Bertz CT molecular complexity index is 1380. The van der Waals surface area contributed by atoms with Gasteiger partial charge >= 0.3 is 0 Å². The van der Waals surface area contributed by atoms with Gasteiger partial charge in [-0.15, -0.1) is 0 Å². The van der Waals surface area contributed by atoms with Crippen LogP contribution < -0.4 is 4.74 Å². The first kappa shape index (κ1) is 29.4. The number of methoxy groups -OCH3 is 4. The summed E-state index contributed by atoms with van der Waals surface area (Å²) in [5.41, 5.74) is -1.84. The summed E-state index contributed by atoms with van der Waals surface area (Å²) < 4.78 is 34.0. The minimum Gasteiger partial charge on any atom is -0.507 e. The van der Waals surface area contributed by atoms with Crippen molar-refractivity contribution in [1.29, 1.82) is 0 Å². The van der Waals surface area contributed by atoms with Gasteiger partial charge in [0.05, 0.1) is 29.9 Å². The Hall–Kier alpha value is -3.10. The van der Waals surface area contributed by atoms with Gasteiger partial charge in [-0.3, -0.25) is 9.59 Å². The highest BCUT2D eigenvalue weighted by Crippen LogP contribution is 2.49. The van der Waals surface area contributed by atoms with E-state index in [1.165, 1.54) is 53.6 Å². The number of hydrogen-bond donors (Lipinski definition) is 4. The van der Waals surface area contributed by atoms with Crippen LogP contribution in [0.1, 0.15) is 62.9 Å². The summed E-state index contributed by atoms with van der Waals surface area (Å²) in [6.07, 6.45) is -7.07. The van der Waals surface area contributed by atoms with E-state index in [0.29, 0.717) is 5.56 Å². The lowest BCUT2D eigenvalue weighted by Crippen LogP contribution is -2.60. The number of ether oxygens (including phenoxy) is 6. The molecule has 0 amide bonds. The minimum absolute atomic E-state index is 0.0523. The summed E-state index contributed by atoms with van der Waals surface area (Å²) in [6, 6.07) is 4.00. The molecule has 1 saturated heterocycles. The molecule has 2 aromatic rings. The van der Waals surface area contributed by atoms with Crippen molar-refractivity contribution < 1.29 is 58.4 Å². The topological polar surface area (TPSA) is 170 Å². The Balaban J connectivity index is 1.65. The molecular formula is C29H34O12. The zero-order valence-corrected chi connectivity index (χ0v) is 23.5. The van der Waals surface area contributed by atoms with Gasteiger partial charge in [-0.1, -0.05) is 0 Å². The Morgan fingerprint density at radius 1 is 0.927 bits per heavy atom. The van der Waals surface area contributed by atoms with Crippen LogP contribution in [0.4, 0.5) is 0 Å². The molecule has 1 fully saturated rings. The highest BCUT2D eigenvalue weighted by molar-refractivity contribution is 6.30. The third-order valence-corrected chi connectivity index (χ3v) is 8.25. The van der Waals surface area contributed by atoms with E-state index in [1.807, 2.05) is 0 Å². The van der Waals surface area contributed by atoms with Crippen LogP contribution in [-0.4, -0.2) is 103 Å². The number of rotatable bonds is 6. The van der Waals surface area contributed by atoms with Crippen molar-refractivity contribution in [2.45, 2.75) is 68.8 Å². The van der Waals surface area contributed by atoms with Gasteiger partial charge in [0.25, 0.3) is 0 Å². The van der Waals surface area contributed by atoms with Gasteiger partial charge in [0.15, 0.2) is 12.1 Å². The van der Waals surface area contributed by atoms with E-state index in [4.69, 9.17) is 28.4 Å². The Morgan fingerprint density at radius 3 is 2.20 bits per heavy atom. The van der Waals surface area contributed by atoms with Gasteiger partial charge in [0.2, 0.25) is 5.78 Å². The Morgan fingerprint density at radius 2 is 1.59 bits per heavy atom. The lowest BCUT2D eigenvalue weighted by Gasteiger charge is -2.47. The van der Waals surface area contributed by atoms with Crippen LogP contribution in [-0.2, 0) is 30.1 Å². The molecule has 222 valence electrons. The summed E-state index contributed by atoms with van der Waals surface area (Å²) in [4.78, 5) is 27.3. The smallest absolute Gasteiger partial charge is 0.201 e. The number of carbonyl (C=O) groups excluding carboxylic acids is 2. The first-order valence-electron chi connectivity index (χ1n) is 13.1. The summed E-state index contributed by atoms with van der Waals surface area (Å²) in [5.74, 6) is -2.21. The standard InChI is InChI=1S/C29H34O12/c1-11-24(37-4)23(34)26(38-5)28(40-11)41-25-17-12(10-29(2,35)27(25)39-6)7-14-19(21(17)32)22(33)18-15(20(14)31)8-13(36-3)9-16(18)30/h7-9,11,23-28,30,32,34-35H,10H2,1-6H3/t11?,23?,24?,25-,26?,27+,28?,29-/m1/s1. The molecule has 0 radical (unpaired) electrons. The van der Waals surface area contributed by atoms with Gasteiger partial charge < -0.3 is 48.8 Å². The number of hydrogen-bond acceptors (Lipinski definition) is 12. The molecule has 12 heteroatoms. The Kier molecular flexibility index (Phi) is 7.62. The largest absolute Gasteiger partial charge is 0.507 e. The minimum atomic E-state index is -1.55. The lowest BCUT2D eigenvalue weighted by atomic mass is 9.73. The zero-order chi connectivity index (χ0) is 30.0. The van der Waals surface area contributed by atoms with E-state index in [0.717, 1.165) is 0 Å². The number of phenolic OH excluding ortho intramolecular Hbond substituents is 2. The summed E-state index contributed by atoms with van der Waals surface area (Å²) in [6.45, 7) is 3.21. The Labute approximate surface area is 236 Å². The van der Waals surface area contributed by atoms with Crippen molar-refractivity contribution in [3.8, 4) is 17.2 Å². The maximum Gasteiger partial charge on any atom is 0.201 e. The SMILES string of the molecule is COc1cc(O)c2c(c1)C(=O)c1cc3c(c(O)c1C2=O)[C@@H](OC1OC(C)C(OC)C(O)C1OC)[C@H](OC)[C@](C)(O)C3. The van der Waals surface area contributed by atoms with E-state index >= 15 is 0 Å². The maximum atomic E-state index is 13.7. The predicted molar refractivity (Wildman–Crippen MR) is 141 cm³/mol. The van der Waals surface area contributed by atoms with Crippen LogP contribution in [0.2, 0.25) is 0 Å². The molecule has 8 atom stereocenters. The fourth-order valence-electron chi connectivity index (χ4n) is 6.33. The van der Waals surface area contributed by atoms with Crippen molar-refractivity contribution in [1.82, 2.24) is 0 Å². The fraction of sp³-hybridized carbons (Fsp3) is 0.517. The van der Waals surface area contributed by atoms with Crippen molar-refractivity contribution in [2.75, 3.05) is 28.4 Å². The highest BCUT2D eigenvalue weighted by Gasteiger charge is 2.52. The molecule has 0 saturated carbocycles. The van der Waals surface area contributed by atoms with Crippen LogP contribution in [0.3, 0.4) is 0 Å². The molecule has 0 aromatic heterocycles. The highest BCUT2D eigenvalue weighted by atomic mass is 16.7. The second kappa shape index (κ2) is 10.6. The molecule has 0 spiro atoms. The molecule has 4 N–H and O–H groups in total. The van der Waals surface area contributed by atoms with E-state index in [2.05, 4.69) is 0 Å². The number of benzene rings is 2. The zero-order valence-electron chi connectivity index (χ0n) is 23.5. The van der Waals surface area contributed by atoms with Crippen molar-refractivity contribution in [3.63, 3.8) is 0 Å². The number of aliphatic hydroxyl groups is 2. The summed E-state index contributed by atoms with van der Waals surface area (Å²) >= 11 is 0. The molecule has 0 bridgehead atoms. The normalized spacial score (nSPS) is 32.7. The van der Waals surface area contributed by atoms with Crippen molar-refractivity contribution in [3.05, 3.63) is 51.6 Å². The first-order valence-corrected chi connectivity index (χ1v) is 13.1. The molecule has 2 aromatic carbocycles. The molecule has 1 aliphatic heterocycles. The number of carbonyl (C=O) groups is 2. The average molecular weight is 575 g/mol. The number of ketones is 2. The molecule has 2 aliphatic carbocycles. The van der Waals surface area contributed by atoms with Crippen molar-refractivity contribution in [2.24, 2.45) is 0 Å². The third kappa shape index (κ3) is 4.50. The molecule has 1 heterocycles. The summed E-state index contributed by atoms with van der Waals surface area (Å²) in [5, 5.41) is 44.6. The molecule has 12 nitrogen and oxygen atoms in total. The van der Waals surface area contributed by atoms with Gasteiger partial charge in [0.1, 0.15) is 47.8 Å². The first-order chi connectivity index (χ1) is 19.4. The molecular weight excluding hydrogens is 540 g/mol. The summed E-state index contributed by atoms with van der Waals surface area (Å²) in [7, 11) is 5.52. The van der Waals surface area contributed by atoms with Crippen LogP contribution in [0.15, 0.2) is 18.2 Å². The number of aromatic hydroxyl groups is 2. The maximum absolute atomic E-state index is 13.7. The van der Waals surface area contributed by atoms with Crippen LogP contribution in [0.5, 0.6) is 17.2 Å². The fourth-order valence-corrected chi connectivity index (χ4v) is 6.33. The van der Waals surface area contributed by atoms with Gasteiger partial charge in [-0.05, 0) is 31.5 Å². The van der Waals surface area contributed by atoms with E-state index in [9.17, 15) is 30.0 Å². The van der Waals surface area contributed by atoms with Crippen LogP contribution in [0, 0.1) is 0 Å². The number of phenols is 2. The molecule has 3 aliphatic rings. The van der Waals surface area contributed by atoms with Gasteiger partial charge in [-0.25, -0.2) is 0 Å². The monoisotopic (exact) mass is 574 g/mol. The molecule has 5 rings (SSSR count). The molecule has 5 unspecified atom stereocenters.